The monoisotopic (exact) mass is 325 g/mol. The van der Waals surface area contributed by atoms with Crippen LogP contribution in [0.25, 0.3) is 0 Å². The van der Waals surface area contributed by atoms with Crippen LogP contribution in [-0.4, -0.2) is 13.2 Å². The first kappa shape index (κ1) is 18.5. The van der Waals surface area contributed by atoms with Crippen LogP contribution in [0.15, 0.2) is 42.5 Å². The second-order valence-electron chi connectivity index (χ2n) is 7.50. The predicted molar refractivity (Wildman–Crippen MR) is 103 cm³/mol. The van der Waals surface area contributed by atoms with Crippen LogP contribution in [0.5, 0.6) is 5.75 Å². The van der Waals surface area contributed by atoms with Gasteiger partial charge in [-0.2, -0.15) is 0 Å². The Morgan fingerprint density at radius 3 is 2.38 bits per heavy atom. The highest BCUT2D eigenvalue weighted by Gasteiger charge is 2.21. The van der Waals surface area contributed by atoms with E-state index in [-0.39, 0.29) is 11.3 Å². The molecule has 0 aliphatic carbocycles. The summed E-state index contributed by atoms with van der Waals surface area (Å²) in [5.74, 6) is 1.23. The van der Waals surface area contributed by atoms with Gasteiger partial charge in [-0.05, 0) is 60.5 Å². The Morgan fingerprint density at radius 1 is 1.08 bits per heavy atom. The highest BCUT2D eigenvalue weighted by atomic mass is 16.5. The number of benzene rings is 2. The Morgan fingerprint density at radius 2 is 1.79 bits per heavy atom. The van der Waals surface area contributed by atoms with Crippen LogP contribution in [0.2, 0.25) is 0 Å². The van der Waals surface area contributed by atoms with E-state index in [1.165, 1.54) is 22.3 Å². The normalized spacial score (nSPS) is 12.9. The van der Waals surface area contributed by atoms with E-state index in [9.17, 15) is 0 Å². The van der Waals surface area contributed by atoms with E-state index in [0.717, 1.165) is 12.2 Å². The largest absolute Gasteiger partial charge is 0.494 e. The molecule has 1 unspecified atom stereocenters. The molecule has 2 aromatic carbocycles. The van der Waals surface area contributed by atoms with Gasteiger partial charge in [0.25, 0.3) is 0 Å². The summed E-state index contributed by atoms with van der Waals surface area (Å²) in [4.78, 5) is 0. The van der Waals surface area contributed by atoms with Crippen molar-refractivity contribution in [1.29, 1.82) is 0 Å². The molecule has 0 heterocycles. The SMILES string of the molecule is CCOc1ccc(C(C)(C)C)cc1C(CN)Cc1ccccc1C. The molecule has 0 aliphatic heterocycles. The molecule has 0 saturated carbocycles. The van der Waals surface area contributed by atoms with Gasteiger partial charge in [0.1, 0.15) is 5.75 Å². The van der Waals surface area contributed by atoms with Crippen LogP contribution in [0, 0.1) is 6.92 Å². The molecule has 2 nitrogen and oxygen atoms in total. The number of nitrogens with two attached hydrogens (primary N) is 1. The fraction of sp³-hybridized carbons (Fsp3) is 0.455. The Bertz CT molecular complexity index is 670. The maximum atomic E-state index is 6.17. The molecule has 0 saturated heterocycles. The summed E-state index contributed by atoms with van der Waals surface area (Å²) in [7, 11) is 0. The first-order valence-corrected chi connectivity index (χ1v) is 8.88. The molecule has 1 atom stereocenters. The fourth-order valence-corrected chi connectivity index (χ4v) is 3.05. The van der Waals surface area contributed by atoms with Crippen molar-refractivity contribution in [1.82, 2.24) is 0 Å². The third-order valence-corrected chi connectivity index (χ3v) is 4.63. The summed E-state index contributed by atoms with van der Waals surface area (Å²) in [6.45, 7) is 12.2. The molecule has 2 rings (SSSR count). The molecule has 0 aromatic heterocycles. The zero-order valence-corrected chi connectivity index (χ0v) is 15.7. The lowest BCUT2D eigenvalue weighted by Crippen LogP contribution is -2.19. The van der Waals surface area contributed by atoms with Gasteiger partial charge in [-0.3, -0.25) is 0 Å². The molecular weight excluding hydrogens is 294 g/mol. The lowest BCUT2D eigenvalue weighted by atomic mass is 9.82. The third-order valence-electron chi connectivity index (χ3n) is 4.63. The van der Waals surface area contributed by atoms with Crippen LogP contribution >= 0.6 is 0 Å². The van der Waals surface area contributed by atoms with Crippen molar-refractivity contribution >= 4 is 0 Å². The quantitative estimate of drug-likeness (QED) is 0.813. The number of hydrogen-bond donors (Lipinski definition) is 1. The van der Waals surface area contributed by atoms with Crippen molar-refractivity contribution in [2.75, 3.05) is 13.2 Å². The van der Waals surface area contributed by atoms with Gasteiger partial charge in [0, 0.05) is 5.92 Å². The molecule has 0 bridgehead atoms. The van der Waals surface area contributed by atoms with Crippen molar-refractivity contribution in [3.63, 3.8) is 0 Å². The minimum absolute atomic E-state index is 0.112. The van der Waals surface area contributed by atoms with Gasteiger partial charge in [0.05, 0.1) is 6.61 Å². The molecule has 0 fully saturated rings. The van der Waals surface area contributed by atoms with Crippen molar-refractivity contribution in [3.8, 4) is 5.75 Å². The maximum Gasteiger partial charge on any atom is 0.122 e. The van der Waals surface area contributed by atoms with Crippen LogP contribution < -0.4 is 10.5 Å². The highest BCUT2D eigenvalue weighted by molar-refractivity contribution is 5.43. The minimum Gasteiger partial charge on any atom is -0.494 e. The highest BCUT2D eigenvalue weighted by Crippen LogP contribution is 2.34. The molecule has 0 spiro atoms. The predicted octanol–water partition coefficient (Wildman–Crippen LogP) is 4.98. The summed E-state index contributed by atoms with van der Waals surface area (Å²) < 4.78 is 5.90. The van der Waals surface area contributed by atoms with E-state index < -0.39 is 0 Å². The van der Waals surface area contributed by atoms with Crippen LogP contribution in [0.4, 0.5) is 0 Å². The summed E-state index contributed by atoms with van der Waals surface area (Å²) in [5, 5.41) is 0. The summed E-state index contributed by atoms with van der Waals surface area (Å²) in [6, 6.07) is 15.1. The van der Waals surface area contributed by atoms with Gasteiger partial charge < -0.3 is 10.5 Å². The number of hydrogen-bond acceptors (Lipinski definition) is 2. The molecule has 2 heteroatoms. The third kappa shape index (κ3) is 4.39. The Labute approximate surface area is 147 Å². The second kappa shape index (κ2) is 7.85. The van der Waals surface area contributed by atoms with Crippen molar-refractivity contribution < 1.29 is 4.74 Å². The van der Waals surface area contributed by atoms with Gasteiger partial charge in [-0.15, -0.1) is 0 Å². The van der Waals surface area contributed by atoms with Gasteiger partial charge in [0.15, 0.2) is 0 Å². The zero-order chi connectivity index (χ0) is 17.7. The summed E-state index contributed by atoms with van der Waals surface area (Å²) in [6.07, 6.45) is 0.941. The maximum absolute atomic E-state index is 6.17. The lowest BCUT2D eigenvalue weighted by molar-refractivity contribution is 0.333. The topological polar surface area (TPSA) is 35.2 Å². The molecule has 0 radical (unpaired) electrons. The Balaban J connectivity index is 2.43. The molecule has 130 valence electrons. The van der Waals surface area contributed by atoms with Gasteiger partial charge >= 0.3 is 0 Å². The van der Waals surface area contributed by atoms with Crippen LogP contribution in [0.3, 0.4) is 0 Å². The Hall–Kier alpha value is -1.80. The first-order valence-electron chi connectivity index (χ1n) is 8.88. The van der Waals surface area contributed by atoms with Gasteiger partial charge in [-0.1, -0.05) is 57.2 Å². The van der Waals surface area contributed by atoms with Crippen molar-refractivity contribution in [3.05, 3.63) is 64.7 Å². The van der Waals surface area contributed by atoms with E-state index in [2.05, 4.69) is 70.2 Å². The molecular formula is C22H31NO. The zero-order valence-electron chi connectivity index (χ0n) is 15.7. The standard InChI is InChI=1S/C22H31NO/c1-6-24-21-12-11-19(22(3,4)5)14-20(21)18(15-23)13-17-10-8-7-9-16(17)2/h7-12,14,18H,6,13,15,23H2,1-5H3. The molecule has 0 aliphatic rings. The molecule has 0 amide bonds. The second-order valence-corrected chi connectivity index (χ2v) is 7.50. The van der Waals surface area contributed by atoms with Crippen molar-refractivity contribution in [2.45, 2.75) is 52.4 Å². The van der Waals surface area contributed by atoms with E-state index in [1.807, 2.05) is 6.92 Å². The average Bonchev–Trinajstić information content (AvgIpc) is 2.54. The average molecular weight is 325 g/mol. The van der Waals surface area contributed by atoms with E-state index in [4.69, 9.17) is 10.5 Å². The van der Waals surface area contributed by atoms with Gasteiger partial charge in [-0.25, -0.2) is 0 Å². The smallest absolute Gasteiger partial charge is 0.122 e. The van der Waals surface area contributed by atoms with E-state index in [0.29, 0.717) is 13.2 Å². The number of ether oxygens (including phenoxy) is 1. The van der Waals surface area contributed by atoms with E-state index >= 15 is 0 Å². The number of rotatable bonds is 6. The fourth-order valence-electron chi connectivity index (χ4n) is 3.05. The molecule has 2 aromatic rings. The van der Waals surface area contributed by atoms with Crippen LogP contribution in [-0.2, 0) is 11.8 Å². The number of aryl methyl sites for hydroxylation is 1. The lowest BCUT2D eigenvalue weighted by Gasteiger charge is -2.25. The summed E-state index contributed by atoms with van der Waals surface area (Å²) >= 11 is 0. The molecule has 2 N–H and O–H groups in total. The Kier molecular flexibility index (Phi) is 6.06. The first-order chi connectivity index (χ1) is 11.4. The summed E-state index contributed by atoms with van der Waals surface area (Å²) in [5.41, 5.74) is 11.5. The van der Waals surface area contributed by atoms with E-state index in [1.54, 1.807) is 0 Å². The minimum atomic E-state index is 0.112. The van der Waals surface area contributed by atoms with Gasteiger partial charge in [0.2, 0.25) is 0 Å². The molecule has 24 heavy (non-hydrogen) atoms. The van der Waals surface area contributed by atoms with Crippen LogP contribution in [0.1, 0.15) is 55.9 Å². The van der Waals surface area contributed by atoms with Crippen molar-refractivity contribution in [2.24, 2.45) is 5.73 Å².